The second-order valence-electron chi connectivity index (χ2n) is 1.43. The second kappa shape index (κ2) is 6.63. The van der Waals surface area contributed by atoms with Gasteiger partial charge in [-0.05, 0) is 59.9 Å². The minimum atomic E-state index is -4.04. The van der Waals surface area contributed by atoms with Crippen molar-refractivity contribution in [2.24, 2.45) is 0 Å². The van der Waals surface area contributed by atoms with Gasteiger partial charge in [0.15, 0.2) is 0 Å². The van der Waals surface area contributed by atoms with Crippen LogP contribution in [0, 0.1) is 0 Å². The smallest absolute Gasteiger partial charge is 0.281 e. The summed E-state index contributed by atoms with van der Waals surface area (Å²) in [7, 11) is 5.67. The molecule has 1 rings (SSSR count). The van der Waals surface area contributed by atoms with Gasteiger partial charge < -0.3 is 0 Å². The summed E-state index contributed by atoms with van der Waals surface area (Å²) in [5.41, 5.74) is 0. The minimum Gasteiger partial charge on any atom is -0.281 e. The van der Waals surface area contributed by atoms with E-state index in [1.807, 2.05) is 0 Å². The lowest BCUT2D eigenvalue weighted by atomic mass is 11.2. The van der Waals surface area contributed by atoms with Crippen LogP contribution < -0.4 is 0 Å². The Hall–Kier alpha value is 2.10. The molecule has 0 aromatic rings. The van der Waals surface area contributed by atoms with E-state index >= 15 is 0 Å². The van der Waals surface area contributed by atoms with E-state index in [0.717, 1.165) is 10.8 Å². The second-order valence-corrected chi connectivity index (χ2v) is 14.0. The molecular formula is C2H2O3S8. The van der Waals surface area contributed by atoms with Crippen molar-refractivity contribution in [1.82, 2.24) is 0 Å². The van der Waals surface area contributed by atoms with Crippen LogP contribution in [0.1, 0.15) is 0 Å². The van der Waals surface area contributed by atoms with Gasteiger partial charge in [-0.15, -0.1) is 0 Å². The molecule has 0 aromatic carbocycles. The van der Waals surface area contributed by atoms with Crippen LogP contribution in [-0.2, 0) is 10.1 Å². The average molecular weight is 331 g/mol. The Bertz CT molecular complexity index is 280. The van der Waals surface area contributed by atoms with Gasteiger partial charge in [0, 0.05) is 5.41 Å². The van der Waals surface area contributed by atoms with Gasteiger partial charge in [0.25, 0.3) is 0 Å². The fourth-order valence-electron chi connectivity index (χ4n) is 0.280. The molecule has 0 unspecified atom stereocenters. The van der Waals surface area contributed by atoms with Crippen LogP contribution in [0.5, 0.6) is 0 Å². The van der Waals surface area contributed by atoms with Gasteiger partial charge in [0.05, 0.1) is 0 Å². The summed E-state index contributed by atoms with van der Waals surface area (Å²) in [5.74, 6) is 0. The summed E-state index contributed by atoms with van der Waals surface area (Å²) in [5, 5.41) is 1.44. The predicted octanol–water partition coefficient (Wildman–Crippen LogP) is 4.31. The Labute approximate surface area is 102 Å². The monoisotopic (exact) mass is 330 g/mol. The Morgan fingerprint density at radius 1 is 1.08 bits per heavy atom. The molecule has 1 N–H and O–H groups in total. The highest BCUT2D eigenvalue weighted by Crippen LogP contribution is 2.59. The summed E-state index contributed by atoms with van der Waals surface area (Å²) in [6.07, 6.45) is 0. The van der Waals surface area contributed by atoms with Gasteiger partial charge >= 0.3 is 10.1 Å². The van der Waals surface area contributed by atoms with Crippen LogP contribution in [0.4, 0.5) is 0 Å². The number of rotatable bonds is 1. The van der Waals surface area contributed by atoms with E-state index in [9.17, 15) is 8.42 Å². The summed E-state index contributed by atoms with van der Waals surface area (Å²) in [4.78, 5) is 0. The van der Waals surface area contributed by atoms with Crippen molar-refractivity contribution >= 4 is 80.8 Å². The number of hydrogen-bond donors (Lipinski definition) is 1. The van der Waals surface area contributed by atoms with E-state index in [1.54, 1.807) is 19.7 Å². The standard InChI is InChI=1S/C2H2O3S8/c3-13(4,5)2-1-6-8-10-12-11-9-7-2/h1H,(H,3,4,5). The highest BCUT2D eigenvalue weighted by atomic mass is 33.9. The Kier molecular flexibility index (Phi) is 6.72. The van der Waals surface area contributed by atoms with Crippen molar-refractivity contribution in [3.63, 3.8) is 0 Å². The molecule has 1 aliphatic rings. The maximum atomic E-state index is 10.8. The first-order chi connectivity index (χ1) is 6.11. The molecule has 0 radical (unpaired) electrons. The molecule has 13 heavy (non-hydrogen) atoms. The Morgan fingerprint density at radius 3 is 2.38 bits per heavy atom. The van der Waals surface area contributed by atoms with Gasteiger partial charge in [-0.1, -0.05) is 10.8 Å². The lowest BCUT2D eigenvalue weighted by Crippen LogP contribution is -1.96. The van der Waals surface area contributed by atoms with Crippen LogP contribution in [0.2, 0.25) is 0 Å². The third-order valence-corrected chi connectivity index (χ3v) is 15.0. The molecule has 0 bridgehead atoms. The van der Waals surface area contributed by atoms with E-state index in [2.05, 4.69) is 0 Å². The molecule has 1 heterocycles. The molecule has 0 aliphatic carbocycles. The summed E-state index contributed by atoms with van der Waals surface area (Å²) < 4.78 is 30.3. The molecule has 11 heteroatoms. The van der Waals surface area contributed by atoms with Gasteiger partial charge in [0.1, 0.15) is 4.24 Å². The molecular weight excluding hydrogens is 329 g/mol. The molecule has 76 valence electrons. The molecule has 1 aliphatic heterocycles. The quantitative estimate of drug-likeness (QED) is 0.556. The van der Waals surface area contributed by atoms with Crippen LogP contribution in [0.3, 0.4) is 0 Å². The molecule has 3 nitrogen and oxygen atoms in total. The normalized spacial score (nSPS) is 21.2. The molecule has 0 spiro atoms. The van der Waals surface area contributed by atoms with Crippen LogP contribution >= 0.6 is 70.7 Å². The van der Waals surface area contributed by atoms with Crippen molar-refractivity contribution in [1.29, 1.82) is 0 Å². The molecule has 0 amide bonds. The van der Waals surface area contributed by atoms with E-state index < -0.39 is 10.1 Å². The van der Waals surface area contributed by atoms with Crippen LogP contribution in [-0.4, -0.2) is 13.0 Å². The number of hydrogen-bond acceptors (Lipinski definition) is 9. The van der Waals surface area contributed by atoms with Crippen LogP contribution in [0.25, 0.3) is 0 Å². The van der Waals surface area contributed by atoms with Crippen molar-refractivity contribution in [2.45, 2.75) is 0 Å². The first-order valence-corrected chi connectivity index (χ1v) is 12.8. The first kappa shape index (κ1) is 13.2. The molecule has 0 aromatic heterocycles. The predicted molar refractivity (Wildman–Crippen MR) is 72.8 cm³/mol. The molecule has 0 saturated heterocycles. The topological polar surface area (TPSA) is 54.4 Å². The molecule has 0 saturated carbocycles. The van der Waals surface area contributed by atoms with Crippen molar-refractivity contribution < 1.29 is 13.0 Å². The Morgan fingerprint density at radius 2 is 1.69 bits per heavy atom. The fourth-order valence-corrected chi connectivity index (χ4v) is 16.2. The average Bonchev–Trinajstić information content (AvgIpc) is 2.14. The maximum Gasteiger partial charge on any atom is 0.302 e. The maximum absolute atomic E-state index is 10.8. The zero-order valence-corrected chi connectivity index (χ0v) is 12.1. The third-order valence-electron chi connectivity index (χ3n) is 0.665. The summed E-state index contributed by atoms with van der Waals surface area (Å²) in [6.45, 7) is 0. The van der Waals surface area contributed by atoms with Gasteiger partial charge in [-0.3, -0.25) is 4.55 Å². The highest BCUT2D eigenvalue weighted by molar-refractivity contribution is 9.46. The summed E-state index contributed by atoms with van der Waals surface area (Å²) >= 11 is 0. The van der Waals surface area contributed by atoms with Crippen LogP contribution in [0.15, 0.2) is 9.65 Å². The third kappa shape index (κ3) is 5.66. The molecule has 0 fully saturated rings. The summed E-state index contributed by atoms with van der Waals surface area (Å²) in [6, 6.07) is 0. The largest absolute Gasteiger partial charge is 0.302 e. The first-order valence-electron chi connectivity index (χ1n) is 2.45. The fraction of sp³-hybridized carbons (Fsp3) is 0. The zero-order chi connectivity index (χ0) is 9.73. The van der Waals surface area contributed by atoms with E-state index in [-0.39, 0.29) is 4.24 Å². The lowest BCUT2D eigenvalue weighted by molar-refractivity contribution is 0.493. The zero-order valence-electron chi connectivity index (χ0n) is 5.61. The van der Waals surface area contributed by atoms with Gasteiger partial charge in [-0.2, -0.15) is 8.42 Å². The van der Waals surface area contributed by atoms with E-state index in [0.29, 0.717) is 0 Å². The minimum absolute atomic E-state index is 0.00870. The molecule has 0 atom stereocenters. The SMILES string of the molecule is O=S(=O)(O)C1=CSSSSSSS1. The van der Waals surface area contributed by atoms with Crippen molar-refractivity contribution in [2.75, 3.05) is 0 Å². The van der Waals surface area contributed by atoms with Crippen molar-refractivity contribution in [3.05, 3.63) is 9.65 Å². The van der Waals surface area contributed by atoms with E-state index in [4.69, 9.17) is 4.55 Å². The van der Waals surface area contributed by atoms with Gasteiger partial charge in [-0.25, -0.2) is 0 Å². The van der Waals surface area contributed by atoms with Gasteiger partial charge in [0.2, 0.25) is 0 Å². The van der Waals surface area contributed by atoms with Crippen molar-refractivity contribution in [3.8, 4) is 0 Å². The lowest BCUT2D eigenvalue weighted by Gasteiger charge is -1.98. The van der Waals surface area contributed by atoms with E-state index in [1.165, 1.54) is 45.7 Å². The Balaban J connectivity index is 2.68. The highest BCUT2D eigenvalue weighted by Gasteiger charge is 2.16.